The third-order valence-electron chi connectivity index (χ3n) is 3.91. The van der Waals surface area contributed by atoms with Crippen molar-refractivity contribution in [1.29, 1.82) is 0 Å². The summed E-state index contributed by atoms with van der Waals surface area (Å²) in [5, 5.41) is 1.16. The predicted octanol–water partition coefficient (Wildman–Crippen LogP) is 7.02. The molecule has 0 unspecified atom stereocenters. The van der Waals surface area contributed by atoms with Gasteiger partial charge in [-0.25, -0.2) is 0 Å². The van der Waals surface area contributed by atoms with E-state index in [9.17, 15) is 0 Å². The van der Waals surface area contributed by atoms with Crippen molar-refractivity contribution in [2.45, 2.75) is 90.4 Å². The third-order valence-corrected chi connectivity index (χ3v) is 4.47. The highest BCUT2D eigenvalue weighted by molar-refractivity contribution is 9.09. The van der Waals surface area contributed by atoms with Crippen molar-refractivity contribution in [3.8, 4) is 0 Å². The van der Waals surface area contributed by atoms with Crippen LogP contribution in [0.15, 0.2) is 12.2 Å². The summed E-state index contributed by atoms with van der Waals surface area (Å²) in [6.07, 6.45) is 21.5. The Balaban J connectivity index is 3.03. The summed E-state index contributed by atoms with van der Waals surface area (Å²) in [7, 11) is 0. The molecule has 0 aliphatic rings. The van der Waals surface area contributed by atoms with Gasteiger partial charge in [-0.05, 0) is 32.1 Å². The molecule has 0 bridgehead atoms. The zero-order chi connectivity index (χ0) is 16.8. The molecule has 138 valence electrons. The minimum Gasteiger partial charge on any atom is -0.355 e. The minimum atomic E-state index is 0.452. The zero-order valence-corrected chi connectivity index (χ0v) is 17.0. The summed E-state index contributed by atoms with van der Waals surface area (Å²) in [6, 6.07) is 0. The largest absolute Gasteiger partial charge is 0.355 e. The number of unbranched alkanes of at least 4 members (excludes halogenated alkanes) is 10. The van der Waals surface area contributed by atoms with Crippen molar-refractivity contribution in [3.63, 3.8) is 0 Å². The Labute approximate surface area is 153 Å². The van der Waals surface area contributed by atoms with E-state index in [1.807, 2.05) is 0 Å². The maximum Gasteiger partial charge on any atom is 0.146 e. The molecule has 2 nitrogen and oxygen atoms in total. The van der Waals surface area contributed by atoms with Gasteiger partial charge in [-0.3, -0.25) is 0 Å². The van der Waals surface area contributed by atoms with E-state index < -0.39 is 0 Å². The van der Waals surface area contributed by atoms with Crippen LogP contribution in [-0.4, -0.2) is 25.3 Å². The number of rotatable bonds is 19. The van der Waals surface area contributed by atoms with Crippen LogP contribution in [0.3, 0.4) is 0 Å². The Morgan fingerprint density at radius 2 is 1.26 bits per heavy atom. The van der Waals surface area contributed by atoms with Gasteiger partial charge in [0.2, 0.25) is 0 Å². The third kappa shape index (κ3) is 22.1. The van der Waals surface area contributed by atoms with E-state index in [4.69, 9.17) is 9.47 Å². The minimum absolute atomic E-state index is 0.452. The second-order valence-electron chi connectivity index (χ2n) is 6.21. The van der Waals surface area contributed by atoms with Crippen LogP contribution in [0.4, 0.5) is 0 Å². The van der Waals surface area contributed by atoms with Crippen LogP contribution in [0.5, 0.6) is 0 Å². The first kappa shape index (κ1) is 23.1. The van der Waals surface area contributed by atoms with Gasteiger partial charge in [-0.2, -0.15) is 0 Å². The van der Waals surface area contributed by atoms with E-state index in [0.29, 0.717) is 6.79 Å². The number of allylic oxidation sites excluding steroid dienone is 1. The fraction of sp³-hybridized carbons (Fsp3) is 0.900. The number of alkyl halides is 1. The van der Waals surface area contributed by atoms with Gasteiger partial charge < -0.3 is 9.47 Å². The van der Waals surface area contributed by atoms with Crippen LogP contribution in [-0.2, 0) is 9.47 Å². The molecular weight excluding hydrogens is 352 g/mol. The second-order valence-corrected chi connectivity index (χ2v) is 7.00. The van der Waals surface area contributed by atoms with E-state index >= 15 is 0 Å². The van der Waals surface area contributed by atoms with Crippen LogP contribution in [0.2, 0.25) is 0 Å². The van der Waals surface area contributed by atoms with Gasteiger partial charge in [0.25, 0.3) is 0 Å². The summed E-state index contributed by atoms with van der Waals surface area (Å²) in [5.41, 5.74) is 0. The molecule has 0 aliphatic heterocycles. The summed E-state index contributed by atoms with van der Waals surface area (Å²) >= 11 is 3.48. The van der Waals surface area contributed by atoms with Crippen molar-refractivity contribution in [2.75, 3.05) is 25.3 Å². The molecule has 0 aromatic heterocycles. The van der Waals surface area contributed by atoms with Gasteiger partial charge in [-0.1, -0.05) is 86.4 Å². The molecule has 0 aromatic rings. The molecule has 0 amide bonds. The van der Waals surface area contributed by atoms with Crippen LogP contribution in [0, 0.1) is 0 Å². The lowest BCUT2D eigenvalue weighted by molar-refractivity contribution is -0.0531. The molecule has 0 radical (unpaired) electrons. The van der Waals surface area contributed by atoms with Gasteiger partial charge in [0.05, 0.1) is 6.61 Å². The lowest BCUT2D eigenvalue weighted by Crippen LogP contribution is -2.02. The van der Waals surface area contributed by atoms with Crippen molar-refractivity contribution < 1.29 is 9.47 Å². The second kappa shape index (κ2) is 22.1. The molecule has 0 aliphatic carbocycles. The van der Waals surface area contributed by atoms with Crippen LogP contribution >= 0.6 is 15.9 Å². The molecule has 0 aromatic carbocycles. The molecule has 0 saturated heterocycles. The lowest BCUT2D eigenvalue weighted by atomic mass is 10.1. The molecule has 3 heteroatoms. The van der Waals surface area contributed by atoms with Crippen LogP contribution in [0.25, 0.3) is 0 Å². The molecule has 0 spiro atoms. The fourth-order valence-electron chi connectivity index (χ4n) is 2.44. The highest BCUT2D eigenvalue weighted by atomic mass is 79.9. The van der Waals surface area contributed by atoms with Crippen LogP contribution < -0.4 is 0 Å². The topological polar surface area (TPSA) is 18.5 Å². The maximum atomic E-state index is 5.44. The van der Waals surface area contributed by atoms with Gasteiger partial charge in [-0.15, -0.1) is 0 Å². The van der Waals surface area contributed by atoms with Gasteiger partial charge in [0.1, 0.15) is 6.79 Å². The number of hydrogen-bond acceptors (Lipinski definition) is 2. The van der Waals surface area contributed by atoms with Crippen molar-refractivity contribution in [3.05, 3.63) is 12.2 Å². The lowest BCUT2D eigenvalue weighted by Gasteiger charge is -2.04. The SMILES string of the molecule is CCCCCOCOCCC=CCCCCCCCCCCBr. The fourth-order valence-corrected chi connectivity index (χ4v) is 2.83. The Kier molecular flexibility index (Phi) is 22.3. The quantitative estimate of drug-likeness (QED) is 0.102. The molecule has 0 rings (SSSR count). The van der Waals surface area contributed by atoms with Crippen molar-refractivity contribution in [2.24, 2.45) is 0 Å². The first-order valence-electron chi connectivity index (χ1n) is 9.78. The van der Waals surface area contributed by atoms with Gasteiger partial charge in [0, 0.05) is 11.9 Å². The average molecular weight is 391 g/mol. The predicted molar refractivity (Wildman–Crippen MR) is 105 cm³/mol. The Morgan fingerprint density at radius 3 is 1.96 bits per heavy atom. The Morgan fingerprint density at radius 1 is 0.652 bits per heavy atom. The molecule has 0 heterocycles. The van der Waals surface area contributed by atoms with Crippen LogP contribution in [0.1, 0.15) is 90.4 Å². The van der Waals surface area contributed by atoms with E-state index in [-0.39, 0.29) is 0 Å². The van der Waals surface area contributed by atoms with E-state index in [1.165, 1.54) is 70.6 Å². The van der Waals surface area contributed by atoms with Gasteiger partial charge in [0.15, 0.2) is 0 Å². The van der Waals surface area contributed by atoms with E-state index in [0.717, 1.165) is 31.4 Å². The number of hydrogen-bond donors (Lipinski definition) is 0. The molecule has 0 N–H and O–H groups in total. The van der Waals surface area contributed by atoms with Crippen molar-refractivity contribution >= 4 is 15.9 Å². The Hall–Kier alpha value is 0.140. The maximum absolute atomic E-state index is 5.44. The highest BCUT2D eigenvalue weighted by Gasteiger charge is 1.92. The molecule has 0 atom stereocenters. The van der Waals surface area contributed by atoms with Gasteiger partial charge >= 0.3 is 0 Å². The molecule has 0 saturated carbocycles. The summed E-state index contributed by atoms with van der Waals surface area (Å²) in [6.45, 7) is 4.27. The van der Waals surface area contributed by atoms with E-state index in [2.05, 4.69) is 35.0 Å². The number of ether oxygens (including phenoxy) is 2. The Bertz CT molecular complexity index is 232. The first-order chi connectivity index (χ1) is 11.4. The molecule has 0 fully saturated rings. The van der Waals surface area contributed by atoms with E-state index in [1.54, 1.807) is 0 Å². The monoisotopic (exact) mass is 390 g/mol. The first-order valence-corrected chi connectivity index (χ1v) is 10.9. The standard InChI is InChI=1S/C20H39BrO2/c1-2-3-15-18-22-20-23-19-16-13-11-9-7-5-4-6-8-10-12-14-17-21/h11,13H,2-10,12,14-20H2,1H3. The highest BCUT2D eigenvalue weighted by Crippen LogP contribution is 2.10. The smallest absolute Gasteiger partial charge is 0.146 e. The van der Waals surface area contributed by atoms with Crippen molar-refractivity contribution in [1.82, 2.24) is 0 Å². The zero-order valence-electron chi connectivity index (χ0n) is 15.4. The average Bonchev–Trinajstić information content (AvgIpc) is 2.57. The molecule has 23 heavy (non-hydrogen) atoms. The molecular formula is C20H39BrO2. The summed E-state index contributed by atoms with van der Waals surface area (Å²) < 4.78 is 10.8. The summed E-state index contributed by atoms with van der Waals surface area (Å²) in [5.74, 6) is 0. The summed E-state index contributed by atoms with van der Waals surface area (Å²) in [4.78, 5) is 0. The normalized spacial score (nSPS) is 11.6. The number of halogens is 1.